The summed E-state index contributed by atoms with van der Waals surface area (Å²) in [4.78, 5) is 0. The molecule has 1 atom stereocenters. The highest BCUT2D eigenvalue weighted by molar-refractivity contribution is 6.31. The Bertz CT molecular complexity index is 673. The van der Waals surface area contributed by atoms with Crippen molar-refractivity contribution in [2.75, 3.05) is 0 Å². The van der Waals surface area contributed by atoms with Crippen LogP contribution in [0.4, 0.5) is 13.2 Å². The molecule has 114 valence electrons. The molecular weight excluding hydrogens is 305 g/mol. The van der Waals surface area contributed by atoms with E-state index in [9.17, 15) is 18.3 Å². The minimum atomic E-state index is -1.60. The fraction of sp³-hybridized carbons (Fsp3) is 0.357. The van der Waals surface area contributed by atoms with Crippen LogP contribution in [0.3, 0.4) is 0 Å². The second-order valence-corrected chi connectivity index (χ2v) is 5.02. The molecule has 0 bridgehead atoms. The van der Waals surface area contributed by atoms with Gasteiger partial charge in [-0.2, -0.15) is 5.10 Å². The van der Waals surface area contributed by atoms with Gasteiger partial charge >= 0.3 is 0 Å². The molecule has 1 aromatic heterocycles. The van der Waals surface area contributed by atoms with E-state index in [2.05, 4.69) is 5.10 Å². The Morgan fingerprint density at radius 1 is 1.29 bits per heavy atom. The number of hydrogen-bond donors (Lipinski definition) is 1. The van der Waals surface area contributed by atoms with E-state index in [1.54, 1.807) is 11.6 Å². The molecule has 0 aliphatic carbocycles. The van der Waals surface area contributed by atoms with Crippen molar-refractivity contribution in [3.8, 4) is 0 Å². The fourth-order valence-electron chi connectivity index (χ4n) is 2.16. The number of halogens is 4. The zero-order valence-electron chi connectivity index (χ0n) is 11.5. The zero-order valence-corrected chi connectivity index (χ0v) is 12.3. The summed E-state index contributed by atoms with van der Waals surface area (Å²) in [5.74, 6) is -4.29. The minimum absolute atomic E-state index is 0.0461. The van der Waals surface area contributed by atoms with Crippen LogP contribution in [0.2, 0.25) is 5.02 Å². The highest BCUT2D eigenvalue weighted by atomic mass is 35.5. The van der Waals surface area contributed by atoms with E-state index in [1.807, 2.05) is 6.92 Å². The van der Waals surface area contributed by atoms with Crippen molar-refractivity contribution in [2.24, 2.45) is 0 Å². The fourth-order valence-corrected chi connectivity index (χ4v) is 2.37. The number of rotatable bonds is 4. The Morgan fingerprint density at radius 3 is 2.57 bits per heavy atom. The van der Waals surface area contributed by atoms with Crippen LogP contribution in [0, 0.1) is 24.4 Å². The van der Waals surface area contributed by atoms with Gasteiger partial charge in [0, 0.05) is 18.5 Å². The van der Waals surface area contributed by atoms with Crippen LogP contribution in [-0.2, 0) is 13.0 Å². The Morgan fingerprint density at radius 2 is 1.95 bits per heavy atom. The van der Waals surface area contributed by atoms with Crippen molar-refractivity contribution >= 4 is 11.6 Å². The van der Waals surface area contributed by atoms with Gasteiger partial charge in [-0.3, -0.25) is 4.68 Å². The lowest BCUT2D eigenvalue weighted by Crippen LogP contribution is -2.11. The average Bonchev–Trinajstić information content (AvgIpc) is 2.72. The monoisotopic (exact) mass is 318 g/mol. The molecule has 2 rings (SSSR count). The van der Waals surface area contributed by atoms with Crippen molar-refractivity contribution in [3.63, 3.8) is 0 Å². The first-order valence-electron chi connectivity index (χ1n) is 6.40. The summed E-state index contributed by atoms with van der Waals surface area (Å²) < 4.78 is 41.4. The Hall–Kier alpha value is -1.53. The van der Waals surface area contributed by atoms with E-state index < -0.39 is 23.6 Å². The van der Waals surface area contributed by atoms with Crippen LogP contribution < -0.4 is 0 Å². The zero-order chi connectivity index (χ0) is 15.7. The topological polar surface area (TPSA) is 38.0 Å². The molecule has 2 aromatic rings. The quantitative estimate of drug-likeness (QED) is 0.875. The van der Waals surface area contributed by atoms with E-state index in [0.29, 0.717) is 23.0 Å². The van der Waals surface area contributed by atoms with Crippen molar-refractivity contribution in [1.82, 2.24) is 9.78 Å². The molecular formula is C14H14ClF3N2O. The van der Waals surface area contributed by atoms with Gasteiger partial charge in [-0.25, -0.2) is 13.2 Å². The number of aryl methyl sites for hydroxylation is 2. The lowest BCUT2D eigenvalue weighted by Gasteiger charge is -2.14. The number of aliphatic hydroxyl groups is 1. The van der Waals surface area contributed by atoms with Crippen LogP contribution in [0.25, 0.3) is 0 Å². The standard InChI is InChI=1S/C14H14ClF3N2O/c1-3-20-10(12(15)7(2)19-20)6-11(21)8-4-5-9(16)14(18)13(8)17/h4-5,11,21H,3,6H2,1-2H3. The molecule has 21 heavy (non-hydrogen) atoms. The summed E-state index contributed by atoms with van der Waals surface area (Å²) in [5, 5.41) is 14.6. The van der Waals surface area contributed by atoms with Crippen LogP contribution in [0.15, 0.2) is 12.1 Å². The molecule has 0 aliphatic rings. The maximum atomic E-state index is 13.7. The molecule has 1 aromatic carbocycles. The molecule has 0 fully saturated rings. The molecule has 0 saturated heterocycles. The van der Waals surface area contributed by atoms with Crippen molar-refractivity contribution in [1.29, 1.82) is 0 Å². The summed E-state index contributed by atoms with van der Waals surface area (Å²) >= 11 is 6.10. The van der Waals surface area contributed by atoms with E-state index in [0.717, 1.165) is 12.1 Å². The highest BCUT2D eigenvalue weighted by Gasteiger charge is 2.22. The van der Waals surface area contributed by atoms with Gasteiger partial charge in [0.15, 0.2) is 17.5 Å². The molecule has 1 heterocycles. The Kier molecular flexibility index (Phi) is 4.58. The van der Waals surface area contributed by atoms with Gasteiger partial charge < -0.3 is 5.11 Å². The smallest absolute Gasteiger partial charge is 0.194 e. The molecule has 1 unspecified atom stereocenters. The van der Waals surface area contributed by atoms with Crippen LogP contribution in [0.1, 0.15) is 30.0 Å². The van der Waals surface area contributed by atoms with E-state index in [4.69, 9.17) is 11.6 Å². The molecule has 0 saturated carbocycles. The first-order valence-corrected chi connectivity index (χ1v) is 6.77. The second-order valence-electron chi connectivity index (χ2n) is 4.65. The third-order valence-electron chi connectivity index (χ3n) is 3.26. The van der Waals surface area contributed by atoms with Gasteiger partial charge in [-0.1, -0.05) is 17.7 Å². The van der Waals surface area contributed by atoms with Gasteiger partial charge in [-0.05, 0) is 19.9 Å². The molecule has 0 radical (unpaired) electrons. The van der Waals surface area contributed by atoms with Gasteiger partial charge in [-0.15, -0.1) is 0 Å². The highest BCUT2D eigenvalue weighted by Crippen LogP contribution is 2.28. The maximum Gasteiger partial charge on any atom is 0.194 e. The lowest BCUT2D eigenvalue weighted by atomic mass is 10.0. The van der Waals surface area contributed by atoms with Crippen LogP contribution in [-0.4, -0.2) is 14.9 Å². The SMILES string of the molecule is CCn1nc(C)c(Cl)c1CC(O)c1ccc(F)c(F)c1F. The number of aromatic nitrogens is 2. The number of hydrogen-bond acceptors (Lipinski definition) is 2. The van der Waals surface area contributed by atoms with E-state index in [-0.39, 0.29) is 12.0 Å². The van der Waals surface area contributed by atoms with E-state index >= 15 is 0 Å². The summed E-state index contributed by atoms with van der Waals surface area (Å²) in [7, 11) is 0. The Labute approximate surface area is 125 Å². The molecule has 1 N–H and O–H groups in total. The third kappa shape index (κ3) is 2.91. The predicted octanol–water partition coefficient (Wildman–Crippen LogP) is 3.56. The van der Waals surface area contributed by atoms with Crippen LogP contribution in [0.5, 0.6) is 0 Å². The first kappa shape index (κ1) is 15.9. The molecule has 3 nitrogen and oxygen atoms in total. The summed E-state index contributed by atoms with van der Waals surface area (Å²) in [6.45, 7) is 4.08. The van der Waals surface area contributed by atoms with Crippen molar-refractivity contribution in [3.05, 3.63) is 51.6 Å². The minimum Gasteiger partial charge on any atom is -0.388 e. The normalized spacial score (nSPS) is 12.7. The average molecular weight is 319 g/mol. The van der Waals surface area contributed by atoms with Gasteiger partial charge in [0.05, 0.1) is 22.5 Å². The molecule has 7 heteroatoms. The lowest BCUT2D eigenvalue weighted by molar-refractivity contribution is 0.169. The summed E-state index contributed by atoms with van der Waals surface area (Å²) in [6, 6.07) is 1.80. The van der Waals surface area contributed by atoms with Crippen LogP contribution >= 0.6 is 11.6 Å². The largest absolute Gasteiger partial charge is 0.388 e. The van der Waals surface area contributed by atoms with Crippen molar-refractivity contribution < 1.29 is 18.3 Å². The van der Waals surface area contributed by atoms with Gasteiger partial charge in [0.25, 0.3) is 0 Å². The number of benzene rings is 1. The van der Waals surface area contributed by atoms with Gasteiger partial charge in [0.2, 0.25) is 0 Å². The summed E-state index contributed by atoms with van der Waals surface area (Å²) in [5.41, 5.74) is 0.797. The first-order chi connectivity index (χ1) is 9.86. The second kappa shape index (κ2) is 6.07. The number of nitrogens with zero attached hydrogens (tertiary/aromatic N) is 2. The van der Waals surface area contributed by atoms with Crippen molar-refractivity contribution in [2.45, 2.75) is 32.9 Å². The predicted molar refractivity (Wildman–Crippen MR) is 72.6 cm³/mol. The Balaban J connectivity index is 2.35. The molecule has 0 aliphatic heterocycles. The molecule has 0 amide bonds. The van der Waals surface area contributed by atoms with E-state index in [1.165, 1.54) is 0 Å². The number of aliphatic hydroxyl groups excluding tert-OH is 1. The molecule has 0 spiro atoms. The maximum absolute atomic E-state index is 13.7. The van der Waals surface area contributed by atoms with Gasteiger partial charge in [0.1, 0.15) is 0 Å². The third-order valence-corrected chi connectivity index (χ3v) is 3.76. The summed E-state index contributed by atoms with van der Waals surface area (Å²) in [6.07, 6.45) is -1.39.